The Morgan fingerprint density at radius 3 is 2.38 bits per heavy atom. The molecule has 2 rings (SSSR count). The fourth-order valence-corrected chi connectivity index (χ4v) is 2.92. The van der Waals surface area contributed by atoms with Gasteiger partial charge >= 0.3 is 0 Å². The number of nitrogens with two attached hydrogens (primary N) is 1. The van der Waals surface area contributed by atoms with Crippen LogP contribution in [0.2, 0.25) is 0 Å². The second-order valence-corrected chi connectivity index (χ2v) is 6.68. The molecule has 1 aromatic rings. The number of hydrogen-bond acceptors (Lipinski definition) is 5. The van der Waals surface area contributed by atoms with Crippen molar-refractivity contribution in [3.63, 3.8) is 0 Å². The van der Waals surface area contributed by atoms with Crippen LogP contribution in [0.4, 0.5) is 5.95 Å². The van der Waals surface area contributed by atoms with Gasteiger partial charge in [-0.3, -0.25) is 4.90 Å². The number of anilines is 1. The van der Waals surface area contributed by atoms with Crippen molar-refractivity contribution in [2.24, 2.45) is 11.1 Å². The van der Waals surface area contributed by atoms with Gasteiger partial charge in [0, 0.05) is 38.6 Å². The van der Waals surface area contributed by atoms with Crippen molar-refractivity contribution in [3.05, 3.63) is 18.5 Å². The van der Waals surface area contributed by atoms with E-state index < -0.39 is 0 Å². The highest BCUT2D eigenvalue weighted by Crippen LogP contribution is 2.26. The summed E-state index contributed by atoms with van der Waals surface area (Å²) < 4.78 is 0. The Kier molecular flexibility index (Phi) is 5.94. The molecule has 118 valence electrons. The monoisotopic (exact) mass is 291 g/mol. The van der Waals surface area contributed by atoms with E-state index in [1.807, 2.05) is 18.5 Å². The van der Waals surface area contributed by atoms with E-state index in [9.17, 15) is 0 Å². The van der Waals surface area contributed by atoms with E-state index in [0.29, 0.717) is 5.41 Å². The molecule has 5 nitrogen and oxygen atoms in total. The summed E-state index contributed by atoms with van der Waals surface area (Å²) in [5.41, 5.74) is 6.06. The van der Waals surface area contributed by atoms with Gasteiger partial charge in [-0.15, -0.1) is 0 Å². The van der Waals surface area contributed by atoms with E-state index in [1.54, 1.807) is 0 Å². The van der Waals surface area contributed by atoms with Crippen LogP contribution in [0.3, 0.4) is 0 Å². The Balaban J connectivity index is 1.68. The van der Waals surface area contributed by atoms with Gasteiger partial charge in [-0.25, -0.2) is 9.97 Å². The Morgan fingerprint density at radius 2 is 1.76 bits per heavy atom. The van der Waals surface area contributed by atoms with Crippen molar-refractivity contribution in [2.45, 2.75) is 33.1 Å². The number of nitrogens with zero attached hydrogens (tertiary/aromatic N) is 4. The molecule has 0 radical (unpaired) electrons. The van der Waals surface area contributed by atoms with Crippen molar-refractivity contribution in [1.29, 1.82) is 0 Å². The molecular formula is C16H29N5. The molecule has 0 amide bonds. The Labute approximate surface area is 128 Å². The summed E-state index contributed by atoms with van der Waals surface area (Å²) in [7, 11) is 0. The molecule has 0 saturated carbocycles. The summed E-state index contributed by atoms with van der Waals surface area (Å²) in [4.78, 5) is 13.5. The highest BCUT2D eigenvalue weighted by atomic mass is 15.3. The van der Waals surface area contributed by atoms with Crippen LogP contribution in [0.25, 0.3) is 0 Å². The molecule has 0 bridgehead atoms. The summed E-state index contributed by atoms with van der Waals surface area (Å²) in [6, 6.07) is 1.86. The van der Waals surface area contributed by atoms with Crippen molar-refractivity contribution < 1.29 is 0 Å². The molecule has 1 aliphatic heterocycles. The molecular weight excluding hydrogens is 262 g/mol. The van der Waals surface area contributed by atoms with Crippen LogP contribution in [0.15, 0.2) is 18.5 Å². The van der Waals surface area contributed by atoms with Gasteiger partial charge in [-0.1, -0.05) is 13.8 Å². The summed E-state index contributed by atoms with van der Waals surface area (Å²) >= 11 is 0. The number of rotatable bonds is 7. The van der Waals surface area contributed by atoms with E-state index >= 15 is 0 Å². The molecule has 1 aliphatic rings. The second kappa shape index (κ2) is 7.71. The summed E-state index contributed by atoms with van der Waals surface area (Å²) in [6.07, 6.45) is 7.26. The number of hydrogen-bond donors (Lipinski definition) is 1. The van der Waals surface area contributed by atoms with Crippen LogP contribution in [-0.2, 0) is 0 Å². The Hall–Kier alpha value is -1.20. The Morgan fingerprint density at radius 1 is 1.10 bits per heavy atom. The van der Waals surface area contributed by atoms with Gasteiger partial charge in [-0.2, -0.15) is 0 Å². The number of aromatic nitrogens is 2. The van der Waals surface area contributed by atoms with E-state index in [1.165, 1.54) is 19.4 Å². The van der Waals surface area contributed by atoms with Gasteiger partial charge in [0.25, 0.3) is 0 Å². The van der Waals surface area contributed by atoms with Gasteiger partial charge in [0.05, 0.1) is 0 Å². The van der Waals surface area contributed by atoms with Gasteiger partial charge < -0.3 is 10.6 Å². The lowest BCUT2D eigenvalue weighted by Crippen LogP contribution is -2.47. The van der Waals surface area contributed by atoms with Crippen LogP contribution >= 0.6 is 0 Å². The SMILES string of the molecule is CC(C)(CCN)CCCN1CCN(c2ncccn2)CC1. The zero-order valence-corrected chi connectivity index (χ0v) is 13.5. The molecule has 2 heterocycles. The smallest absolute Gasteiger partial charge is 0.225 e. The molecule has 0 aromatic carbocycles. The van der Waals surface area contributed by atoms with Gasteiger partial charge in [0.1, 0.15) is 0 Å². The van der Waals surface area contributed by atoms with Crippen molar-refractivity contribution >= 4 is 5.95 Å². The lowest BCUT2D eigenvalue weighted by molar-refractivity contribution is 0.225. The van der Waals surface area contributed by atoms with Crippen LogP contribution in [0, 0.1) is 5.41 Å². The highest BCUT2D eigenvalue weighted by molar-refractivity contribution is 5.29. The first-order valence-electron chi connectivity index (χ1n) is 8.05. The zero-order valence-electron chi connectivity index (χ0n) is 13.5. The van der Waals surface area contributed by atoms with Crippen molar-refractivity contribution in [1.82, 2.24) is 14.9 Å². The van der Waals surface area contributed by atoms with E-state index in [0.717, 1.165) is 45.1 Å². The first-order valence-corrected chi connectivity index (χ1v) is 8.05. The van der Waals surface area contributed by atoms with Crippen LogP contribution in [0.5, 0.6) is 0 Å². The van der Waals surface area contributed by atoms with E-state index in [4.69, 9.17) is 5.73 Å². The van der Waals surface area contributed by atoms with Gasteiger partial charge in [0.2, 0.25) is 5.95 Å². The first kappa shape index (κ1) is 16.2. The zero-order chi connectivity index (χ0) is 15.1. The van der Waals surface area contributed by atoms with E-state index in [2.05, 4.69) is 33.6 Å². The first-order chi connectivity index (χ1) is 10.1. The van der Waals surface area contributed by atoms with Gasteiger partial charge in [-0.05, 0) is 43.8 Å². The third-order valence-electron chi connectivity index (χ3n) is 4.36. The molecule has 0 unspecified atom stereocenters. The lowest BCUT2D eigenvalue weighted by Gasteiger charge is -2.35. The minimum atomic E-state index is 0.383. The third-order valence-corrected chi connectivity index (χ3v) is 4.36. The predicted octanol–water partition coefficient (Wildman–Crippen LogP) is 1.75. The summed E-state index contributed by atoms with van der Waals surface area (Å²) in [5, 5.41) is 0. The fourth-order valence-electron chi connectivity index (χ4n) is 2.92. The van der Waals surface area contributed by atoms with Crippen molar-refractivity contribution in [2.75, 3.05) is 44.2 Å². The fraction of sp³-hybridized carbons (Fsp3) is 0.750. The van der Waals surface area contributed by atoms with Crippen molar-refractivity contribution in [3.8, 4) is 0 Å². The minimum Gasteiger partial charge on any atom is -0.338 e. The minimum absolute atomic E-state index is 0.383. The van der Waals surface area contributed by atoms with Crippen LogP contribution in [-0.4, -0.2) is 54.1 Å². The molecule has 0 atom stereocenters. The standard InChI is InChI=1S/C16H29N5/c1-16(2,6-7-17)5-3-10-20-11-13-21(14-12-20)15-18-8-4-9-19-15/h4,8-9H,3,5-7,10-14,17H2,1-2H3. The molecule has 5 heteroatoms. The van der Waals surface area contributed by atoms with E-state index in [-0.39, 0.29) is 0 Å². The normalized spacial score (nSPS) is 17.2. The predicted molar refractivity (Wildman–Crippen MR) is 87.4 cm³/mol. The molecule has 1 aromatic heterocycles. The molecule has 0 aliphatic carbocycles. The average molecular weight is 291 g/mol. The maximum absolute atomic E-state index is 5.67. The molecule has 1 saturated heterocycles. The Bertz CT molecular complexity index is 398. The maximum atomic E-state index is 5.67. The number of piperazine rings is 1. The largest absolute Gasteiger partial charge is 0.338 e. The molecule has 2 N–H and O–H groups in total. The molecule has 21 heavy (non-hydrogen) atoms. The summed E-state index contributed by atoms with van der Waals surface area (Å²) in [5.74, 6) is 0.862. The summed E-state index contributed by atoms with van der Waals surface area (Å²) in [6.45, 7) is 10.9. The van der Waals surface area contributed by atoms with Crippen LogP contribution < -0.4 is 10.6 Å². The molecule has 1 fully saturated rings. The highest BCUT2D eigenvalue weighted by Gasteiger charge is 2.20. The van der Waals surface area contributed by atoms with Gasteiger partial charge in [0.15, 0.2) is 0 Å². The average Bonchev–Trinajstić information content (AvgIpc) is 2.48. The quantitative estimate of drug-likeness (QED) is 0.829. The maximum Gasteiger partial charge on any atom is 0.225 e. The van der Waals surface area contributed by atoms with Crippen LogP contribution in [0.1, 0.15) is 33.1 Å². The molecule has 0 spiro atoms. The lowest BCUT2D eigenvalue weighted by atomic mass is 9.84. The second-order valence-electron chi connectivity index (χ2n) is 6.68. The topological polar surface area (TPSA) is 58.3 Å². The third kappa shape index (κ3) is 5.25.